The molecule has 1 aromatic carbocycles. The van der Waals surface area contributed by atoms with Gasteiger partial charge in [-0.1, -0.05) is 39.1 Å². The summed E-state index contributed by atoms with van der Waals surface area (Å²) in [6.45, 7) is 1.75. The second-order valence-electron chi connectivity index (χ2n) is 4.26. The van der Waals surface area contributed by atoms with Gasteiger partial charge in [-0.25, -0.2) is 0 Å². The molecule has 1 fully saturated rings. The lowest BCUT2D eigenvalue weighted by molar-refractivity contribution is -0.120. The van der Waals surface area contributed by atoms with E-state index in [-0.39, 0.29) is 11.8 Å². The van der Waals surface area contributed by atoms with Gasteiger partial charge in [-0.2, -0.15) is 0 Å². The molecule has 18 heavy (non-hydrogen) atoms. The number of anilines is 1. The van der Waals surface area contributed by atoms with Crippen LogP contribution < -0.4 is 10.6 Å². The lowest BCUT2D eigenvalue weighted by Gasteiger charge is -2.22. The first-order valence-electron chi connectivity index (χ1n) is 5.74. The fourth-order valence-corrected chi connectivity index (χ4v) is 3.27. The van der Waals surface area contributed by atoms with Crippen LogP contribution in [0.15, 0.2) is 16.6 Å². The summed E-state index contributed by atoms with van der Waals surface area (Å²) in [7, 11) is 0. The van der Waals surface area contributed by atoms with Crippen LogP contribution in [0.5, 0.6) is 0 Å². The van der Waals surface area contributed by atoms with Crippen LogP contribution in [0.2, 0.25) is 10.0 Å². The number of nitrogens with one attached hydrogen (secondary N) is 2. The van der Waals surface area contributed by atoms with Crippen LogP contribution in [0.4, 0.5) is 5.69 Å². The Bertz CT molecular complexity index is 438. The van der Waals surface area contributed by atoms with E-state index in [4.69, 9.17) is 23.2 Å². The Morgan fingerprint density at radius 3 is 2.39 bits per heavy atom. The summed E-state index contributed by atoms with van der Waals surface area (Å²) in [4.78, 5) is 12.1. The summed E-state index contributed by atoms with van der Waals surface area (Å²) < 4.78 is 0.789. The van der Waals surface area contributed by atoms with Gasteiger partial charge < -0.3 is 10.6 Å². The number of piperidine rings is 1. The fourth-order valence-electron chi connectivity index (χ4n) is 1.97. The summed E-state index contributed by atoms with van der Waals surface area (Å²) in [5.41, 5.74) is 0.491. The van der Waals surface area contributed by atoms with Crippen molar-refractivity contribution in [1.29, 1.82) is 0 Å². The molecular weight excluding hydrogens is 339 g/mol. The van der Waals surface area contributed by atoms with Gasteiger partial charge in [0.05, 0.1) is 15.7 Å². The van der Waals surface area contributed by atoms with Gasteiger partial charge in [0.25, 0.3) is 0 Å². The number of hydrogen-bond acceptors (Lipinski definition) is 2. The second-order valence-corrected chi connectivity index (χ2v) is 5.99. The highest BCUT2D eigenvalue weighted by atomic mass is 79.9. The van der Waals surface area contributed by atoms with Crippen LogP contribution in [0, 0.1) is 5.92 Å². The predicted molar refractivity (Wildman–Crippen MR) is 78.4 cm³/mol. The first-order chi connectivity index (χ1) is 8.58. The minimum absolute atomic E-state index is 0.0115. The molecule has 2 N–H and O–H groups in total. The lowest BCUT2D eigenvalue weighted by atomic mass is 9.97. The average Bonchev–Trinajstić information content (AvgIpc) is 2.34. The number of benzene rings is 1. The predicted octanol–water partition coefficient (Wildman–Crippen LogP) is 3.69. The Labute approximate surface area is 124 Å². The van der Waals surface area contributed by atoms with E-state index < -0.39 is 0 Å². The molecule has 6 heteroatoms. The summed E-state index contributed by atoms with van der Waals surface area (Å²) in [6, 6.07) is 3.43. The highest BCUT2D eigenvalue weighted by molar-refractivity contribution is 9.10. The van der Waals surface area contributed by atoms with Crippen molar-refractivity contribution in [2.24, 2.45) is 5.92 Å². The molecule has 0 radical (unpaired) electrons. The number of carbonyl (C=O) groups is 1. The van der Waals surface area contributed by atoms with Crippen molar-refractivity contribution in [2.45, 2.75) is 12.8 Å². The maximum atomic E-state index is 12.1. The normalized spacial score (nSPS) is 16.6. The molecule has 0 atom stereocenters. The van der Waals surface area contributed by atoms with Crippen molar-refractivity contribution in [3.05, 3.63) is 26.7 Å². The van der Waals surface area contributed by atoms with Gasteiger partial charge in [-0.05, 0) is 38.1 Å². The molecule has 1 amide bonds. The van der Waals surface area contributed by atoms with Gasteiger partial charge in [0.15, 0.2) is 0 Å². The number of halogens is 3. The highest BCUT2D eigenvalue weighted by Gasteiger charge is 2.22. The van der Waals surface area contributed by atoms with Gasteiger partial charge in [-0.3, -0.25) is 4.79 Å². The Kier molecular flexibility index (Phi) is 4.90. The van der Waals surface area contributed by atoms with Crippen molar-refractivity contribution in [1.82, 2.24) is 5.32 Å². The van der Waals surface area contributed by atoms with Crippen LogP contribution in [-0.4, -0.2) is 19.0 Å². The maximum absolute atomic E-state index is 12.1. The molecule has 0 saturated carbocycles. The van der Waals surface area contributed by atoms with E-state index in [2.05, 4.69) is 26.6 Å². The van der Waals surface area contributed by atoms with E-state index in [1.54, 1.807) is 12.1 Å². The molecule has 2 rings (SSSR count). The minimum Gasteiger partial charge on any atom is -0.323 e. The molecule has 1 saturated heterocycles. The molecule has 0 spiro atoms. The van der Waals surface area contributed by atoms with Crippen LogP contribution in [-0.2, 0) is 4.79 Å². The van der Waals surface area contributed by atoms with Gasteiger partial charge in [0, 0.05) is 10.4 Å². The van der Waals surface area contributed by atoms with Crippen molar-refractivity contribution >= 4 is 50.7 Å². The highest BCUT2D eigenvalue weighted by Crippen LogP contribution is 2.34. The molecule has 1 heterocycles. The molecule has 0 bridgehead atoms. The molecule has 0 unspecified atom stereocenters. The van der Waals surface area contributed by atoms with Crippen molar-refractivity contribution in [3.63, 3.8) is 0 Å². The fraction of sp³-hybridized carbons (Fsp3) is 0.417. The number of rotatable bonds is 2. The first kappa shape index (κ1) is 14.1. The van der Waals surface area contributed by atoms with E-state index in [1.807, 2.05) is 0 Å². The Morgan fingerprint density at radius 2 is 1.83 bits per heavy atom. The number of amides is 1. The summed E-state index contributed by atoms with van der Waals surface area (Å²) in [5, 5.41) is 6.93. The van der Waals surface area contributed by atoms with E-state index in [1.165, 1.54) is 0 Å². The minimum atomic E-state index is -0.0115. The Morgan fingerprint density at radius 1 is 1.28 bits per heavy atom. The molecule has 1 aliphatic heterocycles. The SMILES string of the molecule is O=C(Nc1c(Cl)cc(Br)cc1Cl)C1CCNCC1. The summed E-state index contributed by atoms with van der Waals surface area (Å²) in [6.07, 6.45) is 1.69. The maximum Gasteiger partial charge on any atom is 0.227 e. The molecule has 0 aromatic heterocycles. The third-order valence-electron chi connectivity index (χ3n) is 2.97. The van der Waals surface area contributed by atoms with E-state index in [9.17, 15) is 4.79 Å². The average molecular weight is 352 g/mol. The Balaban J connectivity index is 2.11. The zero-order valence-electron chi connectivity index (χ0n) is 9.60. The van der Waals surface area contributed by atoms with Gasteiger partial charge >= 0.3 is 0 Å². The monoisotopic (exact) mass is 350 g/mol. The van der Waals surface area contributed by atoms with Crippen LogP contribution in [0.3, 0.4) is 0 Å². The van der Waals surface area contributed by atoms with E-state index in [0.717, 1.165) is 30.4 Å². The largest absolute Gasteiger partial charge is 0.323 e. The van der Waals surface area contributed by atoms with Gasteiger partial charge in [-0.15, -0.1) is 0 Å². The van der Waals surface area contributed by atoms with Crippen molar-refractivity contribution < 1.29 is 4.79 Å². The zero-order valence-corrected chi connectivity index (χ0v) is 12.7. The van der Waals surface area contributed by atoms with Gasteiger partial charge in [0.1, 0.15) is 0 Å². The van der Waals surface area contributed by atoms with Gasteiger partial charge in [0.2, 0.25) is 5.91 Å². The van der Waals surface area contributed by atoms with Crippen LogP contribution in [0.1, 0.15) is 12.8 Å². The summed E-state index contributed by atoms with van der Waals surface area (Å²) >= 11 is 15.5. The summed E-state index contributed by atoms with van der Waals surface area (Å²) in [5.74, 6) is 0.0182. The van der Waals surface area contributed by atoms with Crippen LogP contribution >= 0.6 is 39.1 Å². The van der Waals surface area contributed by atoms with Crippen molar-refractivity contribution in [3.8, 4) is 0 Å². The third kappa shape index (κ3) is 3.38. The van der Waals surface area contributed by atoms with Crippen molar-refractivity contribution in [2.75, 3.05) is 18.4 Å². The number of hydrogen-bond donors (Lipinski definition) is 2. The molecule has 1 aromatic rings. The van der Waals surface area contributed by atoms with Crippen LogP contribution in [0.25, 0.3) is 0 Å². The smallest absolute Gasteiger partial charge is 0.227 e. The number of carbonyl (C=O) groups excluding carboxylic acids is 1. The molecule has 3 nitrogen and oxygen atoms in total. The lowest BCUT2D eigenvalue weighted by Crippen LogP contribution is -2.34. The molecule has 1 aliphatic rings. The third-order valence-corrected chi connectivity index (χ3v) is 4.02. The van der Waals surface area contributed by atoms with E-state index >= 15 is 0 Å². The molecule has 0 aliphatic carbocycles. The van der Waals surface area contributed by atoms with E-state index in [0.29, 0.717) is 15.7 Å². The second kappa shape index (κ2) is 6.24. The topological polar surface area (TPSA) is 41.1 Å². The molecular formula is C12H13BrCl2N2O. The molecule has 98 valence electrons. The zero-order chi connectivity index (χ0) is 13.1. The quantitative estimate of drug-likeness (QED) is 0.853. The first-order valence-corrected chi connectivity index (χ1v) is 7.29. The Hall–Kier alpha value is -0.290. The standard InChI is InChI=1S/C12H13BrCl2N2O/c13-8-5-9(14)11(10(15)6-8)17-12(18)7-1-3-16-4-2-7/h5-7,16H,1-4H2,(H,17,18).